The van der Waals surface area contributed by atoms with Crippen LogP contribution in [-0.4, -0.2) is 9.82 Å². The van der Waals surface area contributed by atoms with Crippen LogP contribution in [0.5, 0.6) is 0 Å². The normalized spacial score (nSPS) is 11.6. The van der Waals surface area contributed by atoms with E-state index >= 15 is 0 Å². The van der Waals surface area contributed by atoms with E-state index in [-0.39, 0.29) is 0 Å². The predicted octanol–water partition coefficient (Wildman–Crippen LogP) is 4.61. The summed E-state index contributed by atoms with van der Waals surface area (Å²) in [6.07, 6.45) is 2.32. The minimum Gasteiger partial charge on any atom is -0.347 e. The molecule has 0 N–H and O–H groups in total. The molecule has 0 saturated heterocycles. The van der Waals surface area contributed by atoms with Crippen molar-refractivity contribution in [2.45, 2.75) is 45.2 Å². The summed E-state index contributed by atoms with van der Waals surface area (Å²) >= 11 is 2.02. The molecule has 0 fully saturated rings. The second-order valence-electron chi connectivity index (χ2n) is 4.82. The number of nitrogens with zero attached hydrogens (tertiary/aromatic N) is 1. The fraction of sp³-hybridized carbons (Fsp3) is 0.467. The third kappa shape index (κ3) is 2.68. The number of thioether (sulfide) groups is 1. The van der Waals surface area contributed by atoms with Gasteiger partial charge in [-0.1, -0.05) is 25.5 Å². The van der Waals surface area contributed by atoms with Gasteiger partial charge in [0, 0.05) is 29.4 Å². The van der Waals surface area contributed by atoms with Crippen molar-refractivity contribution in [3.05, 3.63) is 35.5 Å². The molecule has 0 aliphatic heterocycles. The van der Waals surface area contributed by atoms with E-state index in [0.717, 1.165) is 12.3 Å². The summed E-state index contributed by atoms with van der Waals surface area (Å²) in [5.41, 5.74) is 4.20. The van der Waals surface area contributed by atoms with Gasteiger partial charge in [-0.2, -0.15) is 11.8 Å². The molecule has 0 aliphatic rings. The molecule has 0 atom stereocenters. The highest BCUT2D eigenvalue weighted by molar-refractivity contribution is 7.99. The van der Waals surface area contributed by atoms with Crippen LogP contribution in [0.3, 0.4) is 0 Å². The molecule has 2 rings (SSSR count). The van der Waals surface area contributed by atoms with Gasteiger partial charge in [0.25, 0.3) is 0 Å². The Morgan fingerprint density at radius 1 is 1.29 bits per heavy atom. The Balaban J connectivity index is 2.43. The second-order valence-corrected chi connectivity index (χ2v) is 6.39. The predicted molar refractivity (Wildman–Crippen MR) is 78.8 cm³/mol. The van der Waals surface area contributed by atoms with Crippen LogP contribution in [0.1, 0.15) is 31.9 Å². The van der Waals surface area contributed by atoms with Gasteiger partial charge in [0.15, 0.2) is 0 Å². The lowest BCUT2D eigenvalue weighted by Gasteiger charge is -2.03. The first-order valence-electron chi connectivity index (χ1n) is 6.31. The molecule has 1 aromatic heterocycles. The minimum absolute atomic E-state index is 0.694. The molecule has 0 aliphatic carbocycles. The standard InChI is InChI=1S/C15H21NS/c1-5-16-9-13(10-17-11(2)3)14-8-12(4)6-7-15(14)16/h6-9,11H,5,10H2,1-4H3. The molecule has 2 heteroatoms. The van der Waals surface area contributed by atoms with Crippen LogP contribution in [0.2, 0.25) is 0 Å². The fourth-order valence-corrected chi connectivity index (χ4v) is 2.86. The molecular formula is C15H21NS. The van der Waals surface area contributed by atoms with E-state index in [2.05, 4.69) is 56.7 Å². The first kappa shape index (κ1) is 12.6. The first-order chi connectivity index (χ1) is 8.11. The third-order valence-electron chi connectivity index (χ3n) is 3.03. The number of aryl methyl sites for hydroxylation is 2. The third-order valence-corrected chi connectivity index (χ3v) is 4.18. The van der Waals surface area contributed by atoms with E-state index < -0.39 is 0 Å². The molecule has 2 aromatic rings. The zero-order valence-electron chi connectivity index (χ0n) is 11.2. The molecule has 0 unspecified atom stereocenters. The summed E-state index contributed by atoms with van der Waals surface area (Å²) in [6.45, 7) is 9.94. The number of hydrogen-bond acceptors (Lipinski definition) is 1. The van der Waals surface area contributed by atoms with Crippen LogP contribution in [0.25, 0.3) is 10.9 Å². The Morgan fingerprint density at radius 3 is 2.71 bits per heavy atom. The molecule has 0 spiro atoms. The summed E-state index contributed by atoms with van der Waals surface area (Å²) in [4.78, 5) is 0. The number of rotatable bonds is 4. The molecule has 0 bridgehead atoms. The van der Waals surface area contributed by atoms with E-state index in [4.69, 9.17) is 0 Å². The van der Waals surface area contributed by atoms with Crippen molar-refractivity contribution in [1.82, 2.24) is 4.57 Å². The lowest BCUT2D eigenvalue weighted by atomic mass is 10.1. The van der Waals surface area contributed by atoms with Gasteiger partial charge < -0.3 is 4.57 Å². The summed E-state index contributed by atoms with van der Waals surface area (Å²) in [7, 11) is 0. The lowest BCUT2D eigenvalue weighted by Crippen LogP contribution is -1.90. The molecule has 0 radical (unpaired) electrons. The second kappa shape index (κ2) is 5.18. The first-order valence-corrected chi connectivity index (χ1v) is 7.36. The van der Waals surface area contributed by atoms with E-state index in [9.17, 15) is 0 Å². The molecule has 1 heterocycles. The van der Waals surface area contributed by atoms with E-state index in [0.29, 0.717) is 5.25 Å². The van der Waals surface area contributed by atoms with Crippen LogP contribution >= 0.6 is 11.8 Å². The maximum absolute atomic E-state index is 2.35. The van der Waals surface area contributed by atoms with E-state index in [1.54, 1.807) is 0 Å². The monoisotopic (exact) mass is 247 g/mol. The SMILES string of the molecule is CCn1cc(CSC(C)C)c2cc(C)ccc21. The van der Waals surface area contributed by atoms with Crippen LogP contribution in [0.15, 0.2) is 24.4 Å². The molecule has 1 nitrogen and oxygen atoms in total. The maximum atomic E-state index is 2.35. The molecule has 1 aromatic carbocycles. The number of fused-ring (bicyclic) bond motifs is 1. The van der Waals surface area contributed by atoms with Crippen molar-refractivity contribution >= 4 is 22.7 Å². The zero-order valence-corrected chi connectivity index (χ0v) is 12.0. The van der Waals surface area contributed by atoms with Gasteiger partial charge in [-0.15, -0.1) is 0 Å². The fourth-order valence-electron chi connectivity index (χ4n) is 2.12. The maximum Gasteiger partial charge on any atom is 0.0483 e. The van der Waals surface area contributed by atoms with Crippen molar-refractivity contribution < 1.29 is 0 Å². The minimum atomic E-state index is 0.694. The largest absolute Gasteiger partial charge is 0.347 e. The Morgan fingerprint density at radius 2 is 2.06 bits per heavy atom. The van der Waals surface area contributed by atoms with E-state index in [1.165, 1.54) is 22.0 Å². The van der Waals surface area contributed by atoms with Crippen LogP contribution in [-0.2, 0) is 12.3 Å². The van der Waals surface area contributed by atoms with Gasteiger partial charge >= 0.3 is 0 Å². The number of aromatic nitrogens is 1. The number of benzene rings is 1. The van der Waals surface area contributed by atoms with Gasteiger partial charge in [-0.05, 0) is 36.8 Å². The smallest absolute Gasteiger partial charge is 0.0483 e. The topological polar surface area (TPSA) is 4.93 Å². The quantitative estimate of drug-likeness (QED) is 0.763. The molecule has 0 saturated carbocycles. The summed E-state index contributed by atoms with van der Waals surface area (Å²) < 4.78 is 2.35. The number of hydrogen-bond donors (Lipinski definition) is 0. The van der Waals surface area contributed by atoms with Gasteiger partial charge in [-0.3, -0.25) is 0 Å². The average molecular weight is 247 g/mol. The van der Waals surface area contributed by atoms with Gasteiger partial charge in [0.2, 0.25) is 0 Å². The van der Waals surface area contributed by atoms with Crippen LogP contribution in [0, 0.1) is 6.92 Å². The van der Waals surface area contributed by atoms with Crippen LogP contribution < -0.4 is 0 Å². The van der Waals surface area contributed by atoms with Crippen molar-refractivity contribution in [1.29, 1.82) is 0 Å². The molecule has 92 valence electrons. The summed E-state index contributed by atoms with van der Waals surface area (Å²) in [5, 5.41) is 2.12. The van der Waals surface area contributed by atoms with Gasteiger partial charge in [0.05, 0.1) is 0 Å². The van der Waals surface area contributed by atoms with Gasteiger partial charge in [0.1, 0.15) is 0 Å². The van der Waals surface area contributed by atoms with Crippen molar-refractivity contribution in [3.63, 3.8) is 0 Å². The molecular weight excluding hydrogens is 226 g/mol. The highest BCUT2D eigenvalue weighted by Crippen LogP contribution is 2.27. The summed E-state index contributed by atoms with van der Waals surface area (Å²) in [6, 6.07) is 6.77. The Hall–Kier alpha value is -0.890. The highest BCUT2D eigenvalue weighted by Gasteiger charge is 2.08. The Bertz CT molecular complexity index is 511. The summed E-state index contributed by atoms with van der Waals surface area (Å²) in [5.74, 6) is 1.12. The lowest BCUT2D eigenvalue weighted by molar-refractivity contribution is 0.795. The molecule has 17 heavy (non-hydrogen) atoms. The van der Waals surface area contributed by atoms with Crippen molar-refractivity contribution in [3.8, 4) is 0 Å². The Labute approximate surface area is 108 Å². The van der Waals surface area contributed by atoms with E-state index in [1.807, 2.05) is 11.8 Å². The van der Waals surface area contributed by atoms with Crippen molar-refractivity contribution in [2.75, 3.05) is 0 Å². The molecule has 0 amide bonds. The van der Waals surface area contributed by atoms with Gasteiger partial charge in [-0.25, -0.2) is 0 Å². The Kier molecular flexibility index (Phi) is 3.82. The average Bonchev–Trinajstić information content (AvgIpc) is 2.63. The highest BCUT2D eigenvalue weighted by atomic mass is 32.2. The zero-order chi connectivity index (χ0) is 12.4. The van der Waals surface area contributed by atoms with Crippen molar-refractivity contribution in [2.24, 2.45) is 0 Å². The van der Waals surface area contributed by atoms with Crippen LogP contribution in [0.4, 0.5) is 0 Å².